The molecule has 0 unspecified atom stereocenters. The Hall–Kier alpha value is -3.08. The zero-order valence-corrected chi connectivity index (χ0v) is 43.2. The van der Waals surface area contributed by atoms with Crippen molar-refractivity contribution in [3.63, 3.8) is 0 Å². The minimum atomic E-state index is -1.61. The van der Waals surface area contributed by atoms with Crippen molar-refractivity contribution >= 4 is 71.8 Å². The van der Waals surface area contributed by atoms with Crippen molar-refractivity contribution in [1.82, 2.24) is 0 Å². The lowest BCUT2D eigenvalue weighted by Gasteiger charge is -2.22. The van der Waals surface area contributed by atoms with Crippen molar-refractivity contribution < 1.29 is 0 Å². The van der Waals surface area contributed by atoms with Gasteiger partial charge in [-0.15, -0.1) is 5.54 Å². The lowest BCUT2D eigenvalue weighted by atomic mass is 9.83. The molecule has 5 aromatic carbocycles. The molecule has 5 heteroatoms. The van der Waals surface area contributed by atoms with Gasteiger partial charge in [-0.25, -0.2) is 0 Å². The van der Waals surface area contributed by atoms with Crippen LogP contribution in [-0.4, -0.2) is 8.07 Å². The first-order valence-corrected chi connectivity index (χ1v) is 26.0. The van der Waals surface area contributed by atoms with Crippen molar-refractivity contribution in [2.75, 3.05) is 0 Å². The largest absolute Gasteiger partial charge is 0.129 e. The highest BCUT2D eigenvalue weighted by molar-refractivity contribution is 9.11. The van der Waals surface area contributed by atoms with Crippen LogP contribution in [0.1, 0.15) is 125 Å². The third-order valence-corrected chi connectivity index (χ3v) is 13.0. The van der Waals surface area contributed by atoms with Crippen LogP contribution in [0.5, 0.6) is 0 Å². The highest BCUT2D eigenvalue weighted by Crippen LogP contribution is 2.36. The summed E-state index contributed by atoms with van der Waals surface area (Å²) in [4.78, 5) is 0. The quantitative estimate of drug-likeness (QED) is 0.124. The van der Waals surface area contributed by atoms with E-state index in [1.54, 1.807) is 0 Å². The number of hydrogen-bond acceptors (Lipinski definition) is 0. The Morgan fingerprint density at radius 2 is 0.638 bits per heavy atom. The van der Waals surface area contributed by atoms with Crippen LogP contribution in [0.15, 0.2) is 84.6 Å². The van der Waals surface area contributed by atoms with Gasteiger partial charge in [-0.3, -0.25) is 0 Å². The van der Waals surface area contributed by atoms with Crippen LogP contribution in [0, 0.1) is 75.7 Å². The maximum atomic E-state index is 3.82. The molecule has 0 nitrogen and oxygen atoms in total. The third kappa shape index (κ3) is 12.0. The number of benzene rings is 5. The van der Waals surface area contributed by atoms with Crippen LogP contribution in [0.2, 0.25) is 19.6 Å². The van der Waals surface area contributed by atoms with E-state index in [1.165, 1.54) is 33.4 Å². The Labute approximate surface area is 384 Å². The van der Waals surface area contributed by atoms with Gasteiger partial charge in [0.05, 0.1) is 12.8 Å². The molecule has 294 valence electrons. The predicted molar refractivity (Wildman–Crippen MR) is 264 cm³/mol. The first-order valence-electron chi connectivity index (χ1n) is 19.4. The van der Waals surface area contributed by atoms with Crippen molar-refractivity contribution in [3.8, 4) is 35.1 Å². The third-order valence-electron chi connectivity index (χ3n) is 9.60. The summed E-state index contributed by atoms with van der Waals surface area (Å²) in [5.41, 5.74) is 19.7. The summed E-state index contributed by atoms with van der Waals surface area (Å²) >= 11 is 15.3. The molecular weight excluding hydrogens is 984 g/mol. The van der Waals surface area contributed by atoms with E-state index in [9.17, 15) is 0 Å². The standard InChI is InChI=1S/C53H50Br4Si/c1-33-20-42(52(5,6)7)21-34(2)44(33)31-46-48(54)27-39(28-49(46)55)16-14-37-24-38(26-41(25-37)18-19-58(11,12)13)15-17-40-29-50(56)47(51(57)30-40)32-45-35(3)22-43(23-36(45)4)53(8,9)10/h20-30H,1-13H3. The van der Waals surface area contributed by atoms with Gasteiger partial charge < -0.3 is 0 Å². The van der Waals surface area contributed by atoms with Gasteiger partial charge in [0.2, 0.25) is 0 Å². The smallest absolute Gasteiger partial charge is 0.127 e. The average Bonchev–Trinajstić information content (AvgIpc) is 3.09. The normalized spacial score (nSPS) is 11.6. The topological polar surface area (TPSA) is 0 Å². The lowest BCUT2D eigenvalue weighted by Crippen LogP contribution is -2.16. The zero-order valence-electron chi connectivity index (χ0n) is 35.9. The van der Waals surface area contributed by atoms with E-state index in [1.807, 2.05) is 6.07 Å². The molecule has 0 amide bonds. The molecule has 0 fully saturated rings. The van der Waals surface area contributed by atoms with Gasteiger partial charge in [0.25, 0.3) is 0 Å². The Morgan fingerprint density at radius 3 is 0.897 bits per heavy atom. The molecule has 0 aliphatic carbocycles. The number of hydrogen-bond donors (Lipinski definition) is 0. The predicted octanol–water partition coefficient (Wildman–Crippen LogP) is 15.5. The molecule has 58 heavy (non-hydrogen) atoms. The van der Waals surface area contributed by atoms with Gasteiger partial charge in [-0.2, -0.15) is 0 Å². The van der Waals surface area contributed by atoms with Crippen LogP contribution in [0.25, 0.3) is 0 Å². The molecule has 0 N–H and O–H groups in total. The maximum Gasteiger partial charge on any atom is 0.129 e. The maximum absolute atomic E-state index is 3.82. The fourth-order valence-corrected chi connectivity index (χ4v) is 9.65. The first kappa shape index (κ1) is 46.0. The minimum absolute atomic E-state index is 0.0849. The molecule has 0 spiro atoms. The van der Waals surface area contributed by atoms with Crippen molar-refractivity contribution in [2.24, 2.45) is 0 Å². The van der Waals surface area contributed by atoms with E-state index >= 15 is 0 Å². The number of halogens is 4. The average molecular weight is 1030 g/mol. The van der Waals surface area contributed by atoms with Crippen molar-refractivity contribution in [2.45, 2.75) is 99.7 Å². The Kier molecular flexibility index (Phi) is 14.5. The second-order valence-corrected chi connectivity index (χ2v) is 26.3. The Bertz CT molecular complexity index is 2350. The molecule has 0 heterocycles. The fraction of sp³-hybridized carbons (Fsp3) is 0.283. The van der Waals surface area contributed by atoms with Crippen LogP contribution in [-0.2, 0) is 10.8 Å². The molecule has 5 rings (SSSR count). The van der Waals surface area contributed by atoms with E-state index in [0.717, 1.165) is 68.0 Å². The Balaban J connectivity index is 1.45. The van der Waals surface area contributed by atoms with E-state index in [0.29, 0.717) is 0 Å². The highest BCUT2D eigenvalue weighted by atomic mass is 79.9. The van der Waals surface area contributed by atoms with Gasteiger partial charge in [0, 0.05) is 45.7 Å². The second kappa shape index (κ2) is 18.3. The van der Waals surface area contributed by atoms with Gasteiger partial charge in [0.1, 0.15) is 8.07 Å². The van der Waals surface area contributed by atoms with Crippen LogP contribution >= 0.6 is 63.7 Å². The zero-order chi connectivity index (χ0) is 42.9. The van der Waals surface area contributed by atoms with Gasteiger partial charge in [-0.05, 0) is 137 Å². The molecule has 0 saturated heterocycles. The molecule has 0 saturated carbocycles. The lowest BCUT2D eigenvalue weighted by molar-refractivity contribution is 0.588. The van der Waals surface area contributed by atoms with Crippen LogP contribution in [0.3, 0.4) is 0 Å². The molecule has 0 aliphatic heterocycles. The van der Waals surface area contributed by atoms with Crippen LogP contribution < -0.4 is 0 Å². The van der Waals surface area contributed by atoms with Crippen molar-refractivity contribution in [1.29, 1.82) is 0 Å². The number of rotatable bonds is 4. The highest BCUT2D eigenvalue weighted by Gasteiger charge is 2.20. The summed E-state index contributed by atoms with van der Waals surface area (Å²) in [7, 11) is -1.61. The van der Waals surface area contributed by atoms with Gasteiger partial charge in [0.15, 0.2) is 0 Å². The van der Waals surface area contributed by atoms with E-state index in [2.05, 4.69) is 261 Å². The molecule has 5 aromatic rings. The molecule has 4 radical (unpaired) electrons. The molecular formula is C53H50Br4Si. The minimum Gasteiger partial charge on any atom is -0.127 e. The SMILES string of the molecule is Cc1cc(C(C)(C)C)cc(C)c1[C]c1c(Br)cc(C#Cc2cc(C#Cc3cc(Br)c([C]c4c(C)cc(C(C)(C)C)cc4C)c(Br)c3)cc(C#C[Si](C)(C)C)c2)cc1Br. The summed E-state index contributed by atoms with van der Waals surface area (Å²) < 4.78 is 3.70. The van der Waals surface area contributed by atoms with Crippen molar-refractivity contribution in [3.05, 3.63) is 181 Å². The summed E-state index contributed by atoms with van der Waals surface area (Å²) in [5.74, 6) is 17.0. The fourth-order valence-electron chi connectivity index (χ4n) is 6.36. The summed E-state index contributed by atoms with van der Waals surface area (Å²) in [6.07, 6.45) is 7.36. The van der Waals surface area contributed by atoms with Gasteiger partial charge >= 0.3 is 0 Å². The van der Waals surface area contributed by atoms with E-state index in [4.69, 9.17) is 0 Å². The van der Waals surface area contributed by atoms with E-state index in [-0.39, 0.29) is 10.8 Å². The van der Waals surface area contributed by atoms with Gasteiger partial charge in [-0.1, -0.05) is 179 Å². The first-order chi connectivity index (χ1) is 26.9. The molecule has 0 aliphatic rings. The molecule has 0 aromatic heterocycles. The summed E-state index contributed by atoms with van der Waals surface area (Å²) in [5, 5.41) is 0. The molecule has 0 atom stereocenters. The number of aryl methyl sites for hydroxylation is 4. The summed E-state index contributed by atoms with van der Waals surface area (Å²) in [6, 6.07) is 23.5. The van der Waals surface area contributed by atoms with Crippen LogP contribution in [0.4, 0.5) is 0 Å². The monoisotopic (exact) mass is 1030 g/mol. The molecule has 0 bridgehead atoms. The summed E-state index contributed by atoms with van der Waals surface area (Å²) in [6.45, 7) is 28.9. The second-order valence-electron chi connectivity index (χ2n) is 18.1. The Morgan fingerprint density at radius 1 is 0.379 bits per heavy atom. The van der Waals surface area contributed by atoms with E-state index < -0.39 is 8.07 Å².